The van der Waals surface area contributed by atoms with E-state index >= 15 is 0 Å². The summed E-state index contributed by atoms with van der Waals surface area (Å²) in [5.74, 6) is 0. The molecule has 0 atom stereocenters. The Morgan fingerprint density at radius 3 is 2.27 bits per heavy atom. The summed E-state index contributed by atoms with van der Waals surface area (Å²) in [6.07, 6.45) is 3.21. The van der Waals surface area contributed by atoms with Crippen molar-refractivity contribution < 1.29 is 22.1 Å². The lowest BCUT2D eigenvalue weighted by Crippen LogP contribution is -2.41. The Bertz CT molecular complexity index is 583. The molecule has 22 heavy (non-hydrogen) atoms. The Balaban J connectivity index is 1.47. The first-order chi connectivity index (χ1) is 10.5. The molecule has 0 radical (unpaired) electrons. The fourth-order valence-electron chi connectivity index (χ4n) is 2.73. The van der Waals surface area contributed by atoms with E-state index in [1.54, 1.807) is 24.3 Å². The summed E-state index contributed by atoms with van der Waals surface area (Å²) in [7, 11) is -3.67. The molecule has 1 aromatic rings. The first kappa shape index (κ1) is 15.9. The lowest BCUT2D eigenvalue weighted by atomic mass is 9.92. The average molecular weight is 326 g/mol. The van der Waals surface area contributed by atoms with E-state index in [9.17, 15) is 8.42 Å². The molecule has 122 valence electrons. The van der Waals surface area contributed by atoms with E-state index in [2.05, 4.69) is 0 Å². The number of hydrogen-bond acceptors (Lipinski definition) is 5. The van der Waals surface area contributed by atoms with Gasteiger partial charge in [0.2, 0.25) is 0 Å². The number of rotatable bonds is 5. The fourth-order valence-corrected chi connectivity index (χ4v) is 3.83. The van der Waals surface area contributed by atoms with Crippen molar-refractivity contribution in [3.63, 3.8) is 0 Å². The van der Waals surface area contributed by atoms with Crippen LogP contribution in [0.2, 0.25) is 0 Å². The van der Waals surface area contributed by atoms with E-state index in [-0.39, 0.29) is 23.2 Å². The molecule has 0 spiro atoms. The van der Waals surface area contributed by atoms with E-state index < -0.39 is 10.1 Å². The zero-order valence-electron chi connectivity index (χ0n) is 12.7. The molecule has 0 amide bonds. The normalized spacial score (nSPS) is 26.6. The maximum absolute atomic E-state index is 12.2. The Morgan fingerprint density at radius 1 is 1.00 bits per heavy atom. The molecule has 0 bridgehead atoms. The third kappa shape index (κ3) is 3.87. The number of benzene rings is 1. The Morgan fingerprint density at radius 2 is 1.64 bits per heavy atom. The second-order valence-corrected chi connectivity index (χ2v) is 7.60. The fraction of sp³-hybridized carbons (Fsp3) is 0.625. The summed E-state index contributed by atoms with van der Waals surface area (Å²) in [4.78, 5) is 0.215. The van der Waals surface area contributed by atoms with Gasteiger partial charge in [0, 0.05) is 26.1 Å². The summed E-state index contributed by atoms with van der Waals surface area (Å²) in [5.41, 5.74) is 1.02. The van der Waals surface area contributed by atoms with Crippen molar-refractivity contribution in [2.75, 3.05) is 13.2 Å². The van der Waals surface area contributed by atoms with Crippen LogP contribution in [0.1, 0.15) is 31.2 Å². The maximum Gasteiger partial charge on any atom is 0.297 e. The molecule has 1 saturated carbocycles. The SMILES string of the molecule is Cc1ccc(S(=O)(=O)OC2CC(OC3CCOCC3)C2)cc1. The lowest BCUT2D eigenvalue weighted by Gasteiger charge is -2.37. The molecular formula is C16H22O5S. The van der Waals surface area contributed by atoms with Crippen LogP contribution in [0.4, 0.5) is 0 Å². The first-order valence-corrected chi connectivity index (χ1v) is 9.17. The van der Waals surface area contributed by atoms with Crippen molar-refractivity contribution >= 4 is 10.1 Å². The minimum Gasteiger partial charge on any atom is -0.381 e. The second-order valence-electron chi connectivity index (χ2n) is 6.03. The van der Waals surface area contributed by atoms with E-state index in [1.165, 1.54) is 0 Å². The highest BCUT2D eigenvalue weighted by molar-refractivity contribution is 7.86. The standard InChI is InChI=1S/C16H22O5S/c1-12-2-4-16(5-3-12)22(17,18)21-15-10-14(11-15)20-13-6-8-19-9-7-13/h2-5,13-15H,6-11H2,1H3. The third-order valence-electron chi connectivity index (χ3n) is 4.18. The molecule has 2 fully saturated rings. The Kier molecular flexibility index (Phi) is 4.82. The van der Waals surface area contributed by atoms with Crippen LogP contribution in [-0.2, 0) is 23.8 Å². The van der Waals surface area contributed by atoms with Gasteiger partial charge in [0.1, 0.15) is 0 Å². The molecule has 0 N–H and O–H groups in total. The molecule has 2 aliphatic rings. The van der Waals surface area contributed by atoms with E-state index in [0.717, 1.165) is 31.6 Å². The average Bonchev–Trinajstić information content (AvgIpc) is 2.46. The lowest BCUT2D eigenvalue weighted by molar-refractivity contribution is -0.121. The predicted octanol–water partition coefficient (Wildman–Crippen LogP) is 2.43. The van der Waals surface area contributed by atoms with Crippen molar-refractivity contribution in [1.82, 2.24) is 0 Å². The van der Waals surface area contributed by atoms with Crippen molar-refractivity contribution in [3.05, 3.63) is 29.8 Å². The number of aryl methyl sites for hydroxylation is 1. The molecule has 3 rings (SSSR count). The Hall–Kier alpha value is -0.950. The Labute approximate surface area is 131 Å². The van der Waals surface area contributed by atoms with Crippen LogP contribution < -0.4 is 0 Å². The highest BCUT2D eigenvalue weighted by Gasteiger charge is 2.36. The van der Waals surface area contributed by atoms with Gasteiger partial charge in [-0.3, -0.25) is 4.18 Å². The van der Waals surface area contributed by atoms with Gasteiger partial charge >= 0.3 is 0 Å². The predicted molar refractivity (Wildman–Crippen MR) is 81.2 cm³/mol. The second kappa shape index (κ2) is 6.66. The van der Waals surface area contributed by atoms with Crippen molar-refractivity contribution in [2.24, 2.45) is 0 Å². The van der Waals surface area contributed by atoms with Crippen molar-refractivity contribution in [3.8, 4) is 0 Å². The highest BCUT2D eigenvalue weighted by atomic mass is 32.2. The molecule has 1 heterocycles. The van der Waals surface area contributed by atoms with Crippen LogP contribution in [0.25, 0.3) is 0 Å². The van der Waals surface area contributed by atoms with Gasteiger partial charge in [-0.1, -0.05) is 17.7 Å². The minimum atomic E-state index is -3.67. The number of hydrogen-bond donors (Lipinski definition) is 0. The quantitative estimate of drug-likeness (QED) is 0.778. The summed E-state index contributed by atoms with van der Waals surface area (Å²) >= 11 is 0. The summed E-state index contributed by atoms with van der Waals surface area (Å²) in [6, 6.07) is 6.71. The van der Waals surface area contributed by atoms with Crippen LogP contribution in [0.3, 0.4) is 0 Å². The van der Waals surface area contributed by atoms with Gasteiger partial charge in [0.05, 0.1) is 23.2 Å². The topological polar surface area (TPSA) is 61.8 Å². The van der Waals surface area contributed by atoms with Gasteiger partial charge < -0.3 is 9.47 Å². The van der Waals surface area contributed by atoms with Gasteiger partial charge in [-0.2, -0.15) is 8.42 Å². The van der Waals surface area contributed by atoms with Crippen molar-refractivity contribution in [1.29, 1.82) is 0 Å². The van der Waals surface area contributed by atoms with Crippen molar-refractivity contribution in [2.45, 2.75) is 55.8 Å². The van der Waals surface area contributed by atoms with E-state index in [1.807, 2.05) is 6.92 Å². The van der Waals surface area contributed by atoms with Crippen LogP contribution >= 0.6 is 0 Å². The molecule has 0 unspecified atom stereocenters. The van der Waals surface area contributed by atoms with Gasteiger partial charge in [0.25, 0.3) is 10.1 Å². The zero-order valence-corrected chi connectivity index (χ0v) is 13.6. The first-order valence-electron chi connectivity index (χ1n) is 7.76. The maximum atomic E-state index is 12.2. The van der Waals surface area contributed by atoms with Crippen LogP contribution in [0.5, 0.6) is 0 Å². The van der Waals surface area contributed by atoms with E-state index in [0.29, 0.717) is 12.8 Å². The summed E-state index contributed by atoms with van der Waals surface area (Å²) in [6.45, 7) is 3.42. The smallest absolute Gasteiger partial charge is 0.297 e. The molecule has 0 aromatic heterocycles. The monoisotopic (exact) mass is 326 g/mol. The highest BCUT2D eigenvalue weighted by Crippen LogP contribution is 2.31. The molecular weight excluding hydrogens is 304 g/mol. The van der Waals surface area contributed by atoms with Gasteiger partial charge in [-0.15, -0.1) is 0 Å². The van der Waals surface area contributed by atoms with Gasteiger partial charge in [0.15, 0.2) is 0 Å². The zero-order chi connectivity index (χ0) is 15.6. The molecule has 6 heteroatoms. The molecule has 5 nitrogen and oxygen atoms in total. The molecule has 1 aromatic carbocycles. The van der Waals surface area contributed by atoms with E-state index in [4.69, 9.17) is 13.7 Å². The summed E-state index contributed by atoms with van der Waals surface area (Å²) < 4.78 is 40.8. The summed E-state index contributed by atoms with van der Waals surface area (Å²) in [5, 5.41) is 0. The molecule has 1 saturated heterocycles. The van der Waals surface area contributed by atoms with Crippen LogP contribution in [-0.4, -0.2) is 39.9 Å². The molecule has 1 aliphatic carbocycles. The van der Waals surface area contributed by atoms with Gasteiger partial charge in [-0.25, -0.2) is 0 Å². The van der Waals surface area contributed by atoms with Crippen LogP contribution in [0, 0.1) is 6.92 Å². The third-order valence-corrected chi connectivity index (χ3v) is 5.55. The largest absolute Gasteiger partial charge is 0.381 e. The molecule has 1 aliphatic heterocycles. The minimum absolute atomic E-state index is 0.112. The van der Waals surface area contributed by atoms with Gasteiger partial charge in [-0.05, 0) is 31.9 Å². The number of ether oxygens (including phenoxy) is 2. The van der Waals surface area contributed by atoms with Crippen LogP contribution in [0.15, 0.2) is 29.2 Å².